The Morgan fingerprint density at radius 1 is 1.50 bits per heavy atom. The van der Waals surface area contributed by atoms with E-state index in [0.29, 0.717) is 13.0 Å². The lowest BCUT2D eigenvalue weighted by Gasteiger charge is -2.09. The summed E-state index contributed by atoms with van der Waals surface area (Å²) < 4.78 is 37.1. The van der Waals surface area contributed by atoms with Gasteiger partial charge in [-0.25, -0.2) is 0 Å². The van der Waals surface area contributed by atoms with Crippen molar-refractivity contribution in [2.45, 2.75) is 25.7 Å². The molecule has 1 aliphatic heterocycles. The molecule has 0 fully saturated rings. The Morgan fingerprint density at radius 2 is 2.29 bits per heavy atom. The van der Waals surface area contributed by atoms with E-state index >= 15 is 0 Å². The Morgan fingerprint density at radius 3 is 2.93 bits per heavy atom. The number of hydrogen-bond acceptors (Lipinski definition) is 2. The molecular weight excluding hydrogens is 195 g/mol. The first kappa shape index (κ1) is 9.51. The van der Waals surface area contributed by atoms with Crippen LogP contribution >= 0.6 is 0 Å². The minimum Gasteiger partial charge on any atom is -0.312 e. The van der Waals surface area contributed by atoms with E-state index < -0.39 is 12.7 Å². The maximum Gasteiger partial charge on any atom is 0.408 e. The van der Waals surface area contributed by atoms with E-state index in [0.717, 1.165) is 22.5 Å². The van der Waals surface area contributed by atoms with Gasteiger partial charge in [0.1, 0.15) is 6.54 Å². The highest BCUT2D eigenvalue weighted by Gasteiger charge is 2.29. The normalized spacial score (nSPS) is 16.8. The van der Waals surface area contributed by atoms with Crippen molar-refractivity contribution in [3.05, 3.63) is 17.5 Å². The first-order chi connectivity index (χ1) is 6.54. The van der Waals surface area contributed by atoms with Gasteiger partial charge in [-0.2, -0.15) is 18.3 Å². The summed E-state index contributed by atoms with van der Waals surface area (Å²) in [6.07, 6.45) is -2.02. The third-order valence-electron chi connectivity index (χ3n) is 2.12. The predicted molar refractivity (Wildman–Crippen MR) is 43.7 cm³/mol. The Labute approximate surface area is 78.9 Å². The highest BCUT2D eigenvalue weighted by Crippen LogP contribution is 2.19. The van der Waals surface area contributed by atoms with Crippen molar-refractivity contribution in [1.29, 1.82) is 0 Å². The van der Waals surface area contributed by atoms with Crippen molar-refractivity contribution in [3.8, 4) is 0 Å². The average Bonchev–Trinajstić information content (AvgIpc) is 2.42. The predicted octanol–water partition coefficient (Wildman–Crippen LogP) is 1.09. The van der Waals surface area contributed by atoms with Gasteiger partial charge in [0.25, 0.3) is 0 Å². The quantitative estimate of drug-likeness (QED) is 0.743. The second-order valence-corrected chi connectivity index (χ2v) is 3.34. The lowest BCUT2D eigenvalue weighted by Crippen LogP contribution is -2.22. The van der Waals surface area contributed by atoms with E-state index in [9.17, 15) is 13.2 Å². The smallest absolute Gasteiger partial charge is 0.312 e. The number of fused-ring (bicyclic) bond motifs is 1. The van der Waals surface area contributed by atoms with Crippen molar-refractivity contribution in [2.75, 3.05) is 6.54 Å². The summed E-state index contributed by atoms with van der Waals surface area (Å²) in [4.78, 5) is 0. The fourth-order valence-electron chi connectivity index (χ4n) is 1.56. The summed E-state index contributed by atoms with van der Waals surface area (Å²) in [5, 5.41) is 6.98. The number of hydrogen-bond donors (Lipinski definition) is 1. The summed E-state index contributed by atoms with van der Waals surface area (Å²) in [6.45, 7) is 0.406. The molecule has 6 heteroatoms. The zero-order valence-electron chi connectivity index (χ0n) is 7.43. The summed E-state index contributed by atoms with van der Waals surface area (Å²) in [5.41, 5.74) is 1.66. The molecule has 0 saturated heterocycles. The topological polar surface area (TPSA) is 29.9 Å². The SMILES string of the molecule is FC(F)(F)Cn1cc2c(n1)CCNC2. The van der Waals surface area contributed by atoms with Gasteiger partial charge in [-0.15, -0.1) is 0 Å². The Bertz CT molecular complexity index is 306. The molecule has 2 heterocycles. The van der Waals surface area contributed by atoms with Crippen molar-refractivity contribution in [1.82, 2.24) is 15.1 Å². The standard InChI is InChI=1S/C8H10F3N3/c9-8(10,11)5-14-4-6-3-12-2-1-7(6)13-14/h4,12H,1-3,5H2. The van der Waals surface area contributed by atoms with Crippen LogP contribution in [-0.4, -0.2) is 22.5 Å². The van der Waals surface area contributed by atoms with Crippen LogP contribution in [0, 0.1) is 0 Å². The fourth-order valence-corrected chi connectivity index (χ4v) is 1.56. The fraction of sp³-hybridized carbons (Fsp3) is 0.625. The molecule has 2 rings (SSSR count). The highest BCUT2D eigenvalue weighted by atomic mass is 19.4. The summed E-state index contributed by atoms with van der Waals surface area (Å²) in [5.74, 6) is 0. The Hall–Kier alpha value is -1.04. The van der Waals surface area contributed by atoms with E-state index in [-0.39, 0.29) is 0 Å². The number of nitrogens with zero attached hydrogens (tertiary/aromatic N) is 2. The largest absolute Gasteiger partial charge is 0.408 e. The lowest BCUT2D eigenvalue weighted by molar-refractivity contribution is -0.142. The minimum atomic E-state index is -4.19. The molecule has 1 aromatic rings. The van der Waals surface area contributed by atoms with Crippen LogP contribution in [0.5, 0.6) is 0 Å². The van der Waals surface area contributed by atoms with Gasteiger partial charge in [-0.05, 0) is 0 Å². The van der Waals surface area contributed by atoms with Crippen LogP contribution < -0.4 is 5.32 Å². The van der Waals surface area contributed by atoms with Gasteiger partial charge in [0.2, 0.25) is 0 Å². The third-order valence-corrected chi connectivity index (χ3v) is 2.12. The molecule has 1 N–H and O–H groups in total. The molecule has 3 nitrogen and oxygen atoms in total. The zero-order chi connectivity index (χ0) is 10.2. The zero-order valence-corrected chi connectivity index (χ0v) is 7.43. The second kappa shape index (κ2) is 3.27. The molecule has 0 atom stereocenters. The molecule has 0 aromatic carbocycles. The van der Waals surface area contributed by atoms with Crippen molar-refractivity contribution in [2.24, 2.45) is 0 Å². The average molecular weight is 205 g/mol. The first-order valence-corrected chi connectivity index (χ1v) is 4.37. The Balaban J connectivity index is 2.16. The van der Waals surface area contributed by atoms with Crippen LogP contribution in [0.4, 0.5) is 13.2 Å². The molecule has 0 bridgehead atoms. The van der Waals surface area contributed by atoms with Gasteiger partial charge in [-0.3, -0.25) is 4.68 Å². The van der Waals surface area contributed by atoms with E-state index in [1.54, 1.807) is 0 Å². The van der Waals surface area contributed by atoms with Gasteiger partial charge in [0, 0.05) is 31.3 Å². The van der Waals surface area contributed by atoms with Crippen LogP contribution in [0.15, 0.2) is 6.20 Å². The molecular formula is C8H10F3N3. The van der Waals surface area contributed by atoms with Crippen LogP contribution in [0.2, 0.25) is 0 Å². The highest BCUT2D eigenvalue weighted by molar-refractivity contribution is 5.19. The number of halogens is 3. The number of alkyl halides is 3. The van der Waals surface area contributed by atoms with Gasteiger partial charge in [-0.1, -0.05) is 0 Å². The summed E-state index contributed by atoms with van der Waals surface area (Å²) in [6, 6.07) is 0. The molecule has 0 amide bonds. The Kier molecular flexibility index (Phi) is 2.22. The summed E-state index contributed by atoms with van der Waals surface area (Å²) >= 11 is 0. The minimum absolute atomic E-state index is 0.618. The molecule has 1 aromatic heterocycles. The van der Waals surface area contributed by atoms with Gasteiger partial charge >= 0.3 is 6.18 Å². The van der Waals surface area contributed by atoms with Gasteiger partial charge in [0.05, 0.1) is 5.69 Å². The maximum absolute atomic E-state index is 12.0. The van der Waals surface area contributed by atoms with Crippen molar-refractivity contribution < 1.29 is 13.2 Å². The third kappa shape index (κ3) is 2.06. The van der Waals surface area contributed by atoms with Gasteiger partial charge in [0.15, 0.2) is 0 Å². The molecule has 1 aliphatic rings. The molecule has 78 valence electrons. The molecule has 0 radical (unpaired) electrons. The molecule has 14 heavy (non-hydrogen) atoms. The second-order valence-electron chi connectivity index (χ2n) is 3.34. The van der Waals surface area contributed by atoms with Crippen LogP contribution in [0.1, 0.15) is 11.3 Å². The van der Waals surface area contributed by atoms with Crippen LogP contribution in [-0.2, 0) is 19.5 Å². The van der Waals surface area contributed by atoms with E-state index in [2.05, 4.69) is 10.4 Å². The van der Waals surface area contributed by atoms with E-state index in [4.69, 9.17) is 0 Å². The number of rotatable bonds is 1. The lowest BCUT2D eigenvalue weighted by atomic mass is 10.1. The van der Waals surface area contributed by atoms with E-state index in [1.165, 1.54) is 6.20 Å². The first-order valence-electron chi connectivity index (χ1n) is 4.37. The van der Waals surface area contributed by atoms with Crippen molar-refractivity contribution >= 4 is 0 Å². The number of aromatic nitrogens is 2. The molecule has 0 spiro atoms. The maximum atomic E-state index is 12.0. The van der Waals surface area contributed by atoms with Gasteiger partial charge < -0.3 is 5.32 Å². The van der Waals surface area contributed by atoms with Crippen LogP contribution in [0.3, 0.4) is 0 Å². The molecule has 0 aliphatic carbocycles. The summed E-state index contributed by atoms with van der Waals surface area (Å²) in [7, 11) is 0. The molecule has 0 unspecified atom stereocenters. The monoisotopic (exact) mass is 205 g/mol. The van der Waals surface area contributed by atoms with E-state index in [1.807, 2.05) is 0 Å². The van der Waals surface area contributed by atoms with Crippen molar-refractivity contribution in [3.63, 3.8) is 0 Å². The van der Waals surface area contributed by atoms with Crippen LogP contribution in [0.25, 0.3) is 0 Å². The molecule has 0 saturated carbocycles. The number of nitrogens with one attached hydrogen (secondary N) is 1.